The molecule has 0 aliphatic heterocycles. The molecule has 1 unspecified atom stereocenters. The molecule has 0 aliphatic rings. The molecule has 6 nitrogen and oxygen atoms in total. The Kier molecular flexibility index (Phi) is 12.7. The van der Waals surface area contributed by atoms with Gasteiger partial charge in [-0.1, -0.05) is 0 Å². The predicted octanol–water partition coefficient (Wildman–Crippen LogP) is 1.68. The first-order valence-corrected chi connectivity index (χ1v) is 9.57. The number of nitrogens with one attached hydrogen (secondary N) is 1. The lowest BCUT2D eigenvalue weighted by Crippen LogP contribution is -2.48. The zero-order valence-electron chi connectivity index (χ0n) is 13.4. The molecule has 1 atom stereocenters. The van der Waals surface area contributed by atoms with Crippen molar-refractivity contribution >= 4 is 8.80 Å². The quantitative estimate of drug-likeness (QED) is 0.289. The fourth-order valence-electron chi connectivity index (χ4n) is 1.90. The smallest absolute Gasteiger partial charge is 0.374 e. The fraction of sp³-hybridized carbons (Fsp3) is 1.00. The molecule has 0 spiro atoms. The van der Waals surface area contributed by atoms with Crippen LogP contribution in [-0.2, 0) is 18.1 Å². The Balaban J connectivity index is 4.40. The number of hydrogen-bond donors (Lipinski definition) is 2. The minimum absolute atomic E-state index is 0.0598. The van der Waals surface area contributed by atoms with E-state index in [4.69, 9.17) is 23.8 Å². The minimum atomic E-state index is -2.61. The third-order valence-corrected chi connectivity index (χ3v) is 5.88. The van der Waals surface area contributed by atoms with E-state index in [1.54, 1.807) is 0 Å². The van der Waals surface area contributed by atoms with Gasteiger partial charge in [-0.05, 0) is 47.1 Å². The van der Waals surface area contributed by atoms with E-state index in [1.165, 1.54) is 0 Å². The van der Waals surface area contributed by atoms with Gasteiger partial charge in [0, 0.05) is 31.9 Å². The van der Waals surface area contributed by atoms with Crippen LogP contribution in [0.15, 0.2) is 0 Å². The second kappa shape index (κ2) is 12.7. The monoisotopic (exact) mass is 308 g/mol. The van der Waals surface area contributed by atoms with Crippen LogP contribution in [-0.4, -0.2) is 47.8 Å². The maximum Gasteiger partial charge on any atom is 0.501 e. The Morgan fingerprint density at radius 1 is 1.10 bits per heavy atom. The molecule has 0 aromatic heterocycles. The van der Waals surface area contributed by atoms with Gasteiger partial charge in [0.05, 0.1) is 6.61 Å². The normalized spacial score (nSPS) is 13.7. The molecule has 0 aliphatic carbocycles. The summed E-state index contributed by atoms with van der Waals surface area (Å²) in [5.74, 6) is 0. The highest BCUT2D eigenvalue weighted by Gasteiger charge is 2.41. The van der Waals surface area contributed by atoms with Gasteiger partial charge in [0.2, 0.25) is 0 Å². The van der Waals surface area contributed by atoms with E-state index in [1.807, 2.05) is 27.7 Å². The van der Waals surface area contributed by atoms with E-state index in [9.17, 15) is 0 Å². The molecule has 0 saturated carbocycles. The van der Waals surface area contributed by atoms with Crippen molar-refractivity contribution < 1.29 is 18.1 Å². The van der Waals surface area contributed by atoms with Crippen LogP contribution in [0.1, 0.15) is 40.5 Å². The van der Waals surface area contributed by atoms with Crippen LogP contribution in [0.4, 0.5) is 0 Å². The SMILES string of the molecule is CCONCCC[Si](OCC)(OCC)OC(C)CCN. The third-order valence-electron chi connectivity index (χ3n) is 2.69. The topological polar surface area (TPSA) is 75.0 Å². The number of rotatable bonds is 14. The molecule has 122 valence electrons. The maximum absolute atomic E-state index is 6.11. The van der Waals surface area contributed by atoms with Crippen LogP contribution in [0, 0.1) is 0 Å². The summed E-state index contributed by atoms with van der Waals surface area (Å²) in [6, 6.07) is 0.781. The summed E-state index contributed by atoms with van der Waals surface area (Å²) in [7, 11) is -2.61. The average molecular weight is 308 g/mol. The molecule has 3 N–H and O–H groups in total. The molecule has 0 bridgehead atoms. The summed E-state index contributed by atoms with van der Waals surface area (Å²) in [4.78, 5) is 5.11. The van der Waals surface area contributed by atoms with Crippen molar-refractivity contribution in [2.45, 2.75) is 52.7 Å². The van der Waals surface area contributed by atoms with Gasteiger partial charge in [0.25, 0.3) is 0 Å². The molecule has 0 amide bonds. The first-order valence-electron chi connectivity index (χ1n) is 7.64. The zero-order chi connectivity index (χ0) is 15.3. The van der Waals surface area contributed by atoms with Gasteiger partial charge < -0.3 is 23.8 Å². The Morgan fingerprint density at radius 3 is 2.25 bits per heavy atom. The van der Waals surface area contributed by atoms with Gasteiger partial charge in [-0.15, -0.1) is 0 Å². The lowest BCUT2D eigenvalue weighted by atomic mass is 10.3. The molecule has 0 fully saturated rings. The summed E-state index contributed by atoms with van der Waals surface area (Å²) in [5.41, 5.74) is 8.48. The van der Waals surface area contributed by atoms with Crippen LogP contribution >= 0.6 is 0 Å². The third kappa shape index (κ3) is 9.01. The lowest BCUT2D eigenvalue weighted by Gasteiger charge is -2.31. The number of hydrogen-bond acceptors (Lipinski definition) is 6. The first kappa shape index (κ1) is 20.0. The largest absolute Gasteiger partial charge is 0.501 e. The highest BCUT2D eigenvalue weighted by molar-refractivity contribution is 6.60. The van der Waals surface area contributed by atoms with E-state index in [0.29, 0.717) is 26.4 Å². The lowest BCUT2D eigenvalue weighted by molar-refractivity contribution is 0.0315. The van der Waals surface area contributed by atoms with Gasteiger partial charge in [-0.25, -0.2) is 5.48 Å². The number of hydroxylamine groups is 1. The van der Waals surface area contributed by atoms with E-state index in [-0.39, 0.29) is 6.10 Å². The van der Waals surface area contributed by atoms with Crippen molar-refractivity contribution in [2.75, 3.05) is 32.9 Å². The van der Waals surface area contributed by atoms with Gasteiger partial charge in [0.15, 0.2) is 0 Å². The van der Waals surface area contributed by atoms with Crippen molar-refractivity contribution in [1.29, 1.82) is 0 Å². The summed E-state index contributed by atoms with van der Waals surface area (Å²) < 4.78 is 17.9. The summed E-state index contributed by atoms with van der Waals surface area (Å²) in [6.07, 6.45) is 1.76. The summed E-state index contributed by atoms with van der Waals surface area (Å²) >= 11 is 0. The molecular formula is C13H32N2O4Si. The Hall–Kier alpha value is -0.0231. The van der Waals surface area contributed by atoms with Gasteiger partial charge in [-0.3, -0.25) is 0 Å². The highest BCUT2D eigenvalue weighted by Crippen LogP contribution is 2.20. The average Bonchev–Trinajstić information content (AvgIpc) is 2.39. The standard InChI is InChI=1S/C13H32N2O4Si/c1-5-16-15-11-8-12-20(17-6-2,18-7-3)19-13(4)9-10-14/h13,15H,5-12,14H2,1-4H3. The minimum Gasteiger partial charge on any atom is -0.374 e. The van der Waals surface area contributed by atoms with E-state index < -0.39 is 8.80 Å². The Bertz CT molecular complexity index is 217. The Morgan fingerprint density at radius 2 is 1.75 bits per heavy atom. The van der Waals surface area contributed by atoms with Gasteiger partial charge in [-0.2, -0.15) is 0 Å². The van der Waals surface area contributed by atoms with Crippen LogP contribution in [0.5, 0.6) is 0 Å². The van der Waals surface area contributed by atoms with Crippen molar-refractivity contribution in [3.8, 4) is 0 Å². The molecule has 0 aromatic rings. The molecule has 0 radical (unpaired) electrons. The van der Waals surface area contributed by atoms with Crippen LogP contribution in [0.25, 0.3) is 0 Å². The predicted molar refractivity (Wildman–Crippen MR) is 82.3 cm³/mol. The summed E-state index contributed by atoms with van der Waals surface area (Å²) in [6.45, 7) is 11.1. The fourth-order valence-corrected chi connectivity index (χ4v) is 4.75. The number of nitrogens with two attached hydrogens (primary N) is 1. The molecule has 0 saturated heterocycles. The maximum atomic E-state index is 6.11. The molecular weight excluding hydrogens is 276 g/mol. The van der Waals surface area contributed by atoms with Crippen molar-refractivity contribution in [3.05, 3.63) is 0 Å². The molecule has 0 heterocycles. The van der Waals surface area contributed by atoms with Crippen LogP contribution in [0.2, 0.25) is 6.04 Å². The van der Waals surface area contributed by atoms with E-state index in [0.717, 1.165) is 25.4 Å². The van der Waals surface area contributed by atoms with Crippen LogP contribution in [0.3, 0.4) is 0 Å². The molecule has 0 aromatic carbocycles. The molecule has 0 rings (SSSR count). The second-order valence-electron chi connectivity index (χ2n) is 4.49. The van der Waals surface area contributed by atoms with Crippen molar-refractivity contribution in [3.63, 3.8) is 0 Å². The highest BCUT2D eigenvalue weighted by atomic mass is 28.4. The second-order valence-corrected chi connectivity index (χ2v) is 7.16. The zero-order valence-corrected chi connectivity index (χ0v) is 14.4. The summed E-state index contributed by atoms with van der Waals surface area (Å²) in [5, 5.41) is 0. The van der Waals surface area contributed by atoms with Gasteiger partial charge >= 0.3 is 8.80 Å². The molecule has 7 heteroatoms. The van der Waals surface area contributed by atoms with E-state index >= 15 is 0 Å². The van der Waals surface area contributed by atoms with Crippen LogP contribution < -0.4 is 11.2 Å². The van der Waals surface area contributed by atoms with Crippen molar-refractivity contribution in [1.82, 2.24) is 5.48 Å². The van der Waals surface area contributed by atoms with Gasteiger partial charge in [0.1, 0.15) is 0 Å². The Labute approximate surface area is 124 Å². The first-order chi connectivity index (χ1) is 9.64. The van der Waals surface area contributed by atoms with Crippen molar-refractivity contribution in [2.24, 2.45) is 5.73 Å². The van der Waals surface area contributed by atoms with E-state index in [2.05, 4.69) is 5.48 Å². The molecule has 20 heavy (non-hydrogen) atoms.